The lowest BCUT2D eigenvalue weighted by atomic mass is 10.0. The second-order valence-electron chi connectivity index (χ2n) is 4.67. The smallest absolute Gasteiger partial charge is 0.277 e. The molecule has 0 saturated heterocycles. The van der Waals surface area contributed by atoms with Crippen molar-refractivity contribution in [3.8, 4) is 0 Å². The molecule has 0 saturated carbocycles. The first-order valence-corrected chi connectivity index (χ1v) is 8.01. The lowest BCUT2D eigenvalue weighted by molar-refractivity contribution is -0.127. The highest BCUT2D eigenvalue weighted by Gasteiger charge is 2.20. The monoisotopic (exact) mass is 300 g/mol. The summed E-state index contributed by atoms with van der Waals surface area (Å²) in [5.41, 5.74) is 6.03. The first-order valence-electron chi connectivity index (χ1n) is 7.02. The molecule has 0 radical (unpaired) electrons. The molecule has 0 spiro atoms. The second-order valence-corrected chi connectivity index (χ2v) is 5.60. The molecule has 1 aromatic heterocycles. The lowest BCUT2D eigenvalue weighted by Crippen LogP contribution is -2.31. The van der Waals surface area contributed by atoms with E-state index in [1.807, 2.05) is 20.8 Å². The zero-order valence-electron chi connectivity index (χ0n) is 12.6. The van der Waals surface area contributed by atoms with Crippen LogP contribution in [-0.4, -0.2) is 39.8 Å². The van der Waals surface area contributed by atoms with Crippen molar-refractivity contribution in [3.63, 3.8) is 0 Å². The Labute approximate surface area is 124 Å². The Morgan fingerprint density at radius 1 is 1.35 bits per heavy atom. The predicted molar refractivity (Wildman–Crippen MR) is 79.3 cm³/mol. The Morgan fingerprint density at radius 2 is 2.00 bits per heavy atom. The molecule has 1 heterocycles. The van der Waals surface area contributed by atoms with Crippen LogP contribution in [-0.2, 0) is 4.79 Å². The van der Waals surface area contributed by atoms with Gasteiger partial charge in [0.25, 0.3) is 5.22 Å². The molecule has 114 valence electrons. The third-order valence-corrected chi connectivity index (χ3v) is 4.20. The third kappa shape index (κ3) is 4.49. The number of carbonyl (C=O) groups is 1. The van der Waals surface area contributed by atoms with Gasteiger partial charge in [-0.3, -0.25) is 4.79 Å². The highest BCUT2D eigenvalue weighted by Crippen LogP contribution is 2.24. The standard InChI is InChI=1S/C13H24N4O2S/c1-5-9(4)11(14)12-15-16-13(19-12)20-8-10(18)17(6-2)7-3/h9,11H,5-8,14H2,1-4H3/t9?,11-/m0/s1. The maximum atomic E-state index is 11.9. The largest absolute Gasteiger partial charge is 0.414 e. The number of hydrogen-bond donors (Lipinski definition) is 1. The molecule has 0 aromatic carbocycles. The van der Waals surface area contributed by atoms with Crippen molar-refractivity contribution in [3.05, 3.63) is 5.89 Å². The summed E-state index contributed by atoms with van der Waals surface area (Å²) >= 11 is 1.26. The number of nitrogens with two attached hydrogens (primary N) is 1. The summed E-state index contributed by atoms with van der Waals surface area (Å²) < 4.78 is 5.51. The van der Waals surface area contributed by atoms with E-state index in [-0.39, 0.29) is 17.9 Å². The molecular formula is C13H24N4O2S. The van der Waals surface area contributed by atoms with Gasteiger partial charge in [0.1, 0.15) is 0 Å². The predicted octanol–water partition coefficient (Wildman–Crippen LogP) is 2.08. The highest BCUT2D eigenvalue weighted by molar-refractivity contribution is 7.99. The maximum absolute atomic E-state index is 11.9. The average molecular weight is 300 g/mol. The zero-order chi connectivity index (χ0) is 15.1. The van der Waals surface area contributed by atoms with Crippen molar-refractivity contribution in [2.24, 2.45) is 11.7 Å². The van der Waals surface area contributed by atoms with Gasteiger partial charge in [-0.05, 0) is 19.8 Å². The number of amides is 1. The summed E-state index contributed by atoms with van der Waals surface area (Å²) in [5.74, 6) is 1.11. The van der Waals surface area contributed by atoms with Gasteiger partial charge in [0.05, 0.1) is 11.8 Å². The van der Waals surface area contributed by atoms with Crippen molar-refractivity contribution in [1.29, 1.82) is 0 Å². The van der Waals surface area contributed by atoms with E-state index in [1.54, 1.807) is 4.90 Å². The summed E-state index contributed by atoms with van der Waals surface area (Å²) in [4.78, 5) is 13.6. The highest BCUT2D eigenvalue weighted by atomic mass is 32.2. The van der Waals surface area contributed by atoms with Gasteiger partial charge in [-0.2, -0.15) is 0 Å². The van der Waals surface area contributed by atoms with Crippen molar-refractivity contribution in [1.82, 2.24) is 15.1 Å². The Kier molecular flexibility index (Phi) is 7.01. The van der Waals surface area contributed by atoms with Gasteiger partial charge in [0.15, 0.2) is 0 Å². The SMILES string of the molecule is CCC(C)[C@H](N)c1nnc(SCC(=O)N(CC)CC)o1. The van der Waals surface area contributed by atoms with Crippen LogP contribution in [0.4, 0.5) is 0 Å². The molecule has 7 heteroatoms. The molecule has 1 aromatic rings. The van der Waals surface area contributed by atoms with E-state index >= 15 is 0 Å². The van der Waals surface area contributed by atoms with Crippen molar-refractivity contribution in [2.75, 3.05) is 18.8 Å². The summed E-state index contributed by atoms with van der Waals surface area (Å²) in [6, 6.07) is -0.250. The molecule has 0 bridgehead atoms. The minimum absolute atomic E-state index is 0.0750. The quantitative estimate of drug-likeness (QED) is 0.740. The Morgan fingerprint density at radius 3 is 2.55 bits per heavy atom. The van der Waals surface area contributed by atoms with Crippen LogP contribution in [0.5, 0.6) is 0 Å². The van der Waals surface area contributed by atoms with Crippen LogP contribution in [0.15, 0.2) is 9.64 Å². The summed E-state index contributed by atoms with van der Waals surface area (Å²) in [6.45, 7) is 9.46. The van der Waals surface area contributed by atoms with E-state index in [2.05, 4.69) is 17.1 Å². The van der Waals surface area contributed by atoms with E-state index < -0.39 is 0 Å². The molecular weight excluding hydrogens is 276 g/mol. The molecule has 20 heavy (non-hydrogen) atoms. The number of rotatable bonds is 8. The van der Waals surface area contributed by atoms with Crippen LogP contribution in [0.25, 0.3) is 0 Å². The molecule has 0 fully saturated rings. The Bertz CT molecular complexity index is 420. The minimum Gasteiger partial charge on any atom is -0.414 e. The van der Waals surface area contributed by atoms with Crippen LogP contribution in [0.2, 0.25) is 0 Å². The van der Waals surface area contributed by atoms with Crippen LogP contribution in [0.3, 0.4) is 0 Å². The summed E-state index contributed by atoms with van der Waals surface area (Å²) in [6.07, 6.45) is 0.951. The molecule has 0 aliphatic carbocycles. The van der Waals surface area contributed by atoms with E-state index in [4.69, 9.17) is 10.2 Å². The summed E-state index contributed by atoms with van der Waals surface area (Å²) in [5, 5.41) is 8.30. The molecule has 0 aliphatic rings. The average Bonchev–Trinajstić information content (AvgIpc) is 2.93. The van der Waals surface area contributed by atoms with Crippen molar-refractivity contribution < 1.29 is 9.21 Å². The molecule has 1 rings (SSSR count). The van der Waals surface area contributed by atoms with E-state index in [0.717, 1.165) is 6.42 Å². The van der Waals surface area contributed by atoms with Gasteiger partial charge >= 0.3 is 0 Å². The fraction of sp³-hybridized carbons (Fsp3) is 0.769. The molecule has 1 unspecified atom stereocenters. The minimum atomic E-state index is -0.250. The third-order valence-electron chi connectivity index (χ3n) is 3.40. The second kappa shape index (κ2) is 8.26. The van der Waals surface area contributed by atoms with Gasteiger partial charge in [-0.1, -0.05) is 32.0 Å². The van der Waals surface area contributed by atoms with Gasteiger partial charge in [-0.15, -0.1) is 10.2 Å². The summed E-state index contributed by atoms with van der Waals surface area (Å²) in [7, 11) is 0. The molecule has 6 nitrogen and oxygen atoms in total. The van der Waals surface area contributed by atoms with Gasteiger partial charge in [0, 0.05) is 13.1 Å². The molecule has 1 amide bonds. The number of carbonyl (C=O) groups excluding carboxylic acids is 1. The number of aromatic nitrogens is 2. The lowest BCUT2D eigenvalue weighted by Gasteiger charge is -2.17. The Balaban J connectivity index is 2.54. The number of thioether (sulfide) groups is 1. The first kappa shape index (κ1) is 17.0. The zero-order valence-corrected chi connectivity index (χ0v) is 13.4. The maximum Gasteiger partial charge on any atom is 0.277 e. The van der Waals surface area contributed by atoms with E-state index in [9.17, 15) is 4.79 Å². The van der Waals surface area contributed by atoms with Gasteiger partial charge in [0.2, 0.25) is 11.8 Å². The van der Waals surface area contributed by atoms with E-state index in [0.29, 0.717) is 30.0 Å². The molecule has 2 atom stereocenters. The van der Waals surface area contributed by atoms with E-state index in [1.165, 1.54) is 11.8 Å². The fourth-order valence-corrected chi connectivity index (χ4v) is 2.37. The molecule has 0 aliphatic heterocycles. The van der Waals surface area contributed by atoms with Crippen molar-refractivity contribution >= 4 is 17.7 Å². The van der Waals surface area contributed by atoms with Gasteiger partial charge < -0.3 is 15.1 Å². The van der Waals surface area contributed by atoms with Gasteiger partial charge in [-0.25, -0.2) is 0 Å². The topological polar surface area (TPSA) is 85.2 Å². The Hall–Kier alpha value is -1.08. The number of hydrogen-bond acceptors (Lipinski definition) is 6. The van der Waals surface area contributed by atoms with Crippen molar-refractivity contribution in [2.45, 2.75) is 45.4 Å². The van der Waals surface area contributed by atoms with Crippen LogP contribution in [0, 0.1) is 5.92 Å². The first-order chi connectivity index (χ1) is 9.53. The fourth-order valence-electron chi connectivity index (χ4n) is 1.70. The normalized spacial score (nSPS) is 14.1. The van der Waals surface area contributed by atoms with Crippen LogP contribution < -0.4 is 5.73 Å². The van der Waals surface area contributed by atoms with Crippen LogP contribution >= 0.6 is 11.8 Å². The van der Waals surface area contributed by atoms with Crippen LogP contribution in [0.1, 0.15) is 46.0 Å². The number of nitrogens with zero attached hydrogens (tertiary/aromatic N) is 3. The molecule has 2 N–H and O–H groups in total.